The molecule has 7 heteroatoms. The molecule has 0 saturated heterocycles. The van der Waals surface area contributed by atoms with E-state index in [9.17, 15) is 13.2 Å². The Hall–Kier alpha value is -2.05. The van der Waals surface area contributed by atoms with Crippen LogP contribution in [-0.4, -0.2) is 20.9 Å². The summed E-state index contributed by atoms with van der Waals surface area (Å²) in [6.45, 7) is 2.40. The van der Waals surface area contributed by atoms with Crippen molar-refractivity contribution in [2.24, 2.45) is 0 Å². The van der Waals surface area contributed by atoms with E-state index < -0.39 is 10.0 Å². The molecule has 0 bridgehead atoms. The third-order valence-electron chi connectivity index (χ3n) is 3.74. The number of carbonyl (C=O) groups excluding carboxylic acids is 1. The van der Waals surface area contributed by atoms with Gasteiger partial charge in [0.25, 0.3) is 15.9 Å². The third-order valence-corrected chi connectivity index (χ3v) is 5.53. The average Bonchev–Trinajstić information content (AvgIpc) is 2.50. The van der Waals surface area contributed by atoms with Crippen LogP contribution < -0.4 is 10.0 Å². The average molecular weight is 351 g/mol. The number of anilines is 1. The largest absolute Gasteiger partial charge is 0.352 e. The van der Waals surface area contributed by atoms with Crippen molar-refractivity contribution in [3.63, 3.8) is 0 Å². The van der Waals surface area contributed by atoms with Crippen molar-refractivity contribution < 1.29 is 13.2 Å². The molecule has 3 rings (SSSR count). The Bertz CT molecular complexity index is 894. The molecule has 1 amide bonds. The van der Waals surface area contributed by atoms with Gasteiger partial charge in [-0.15, -0.1) is 0 Å². The second-order valence-corrected chi connectivity index (χ2v) is 7.48. The molecule has 5 nitrogen and oxygen atoms in total. The number of halogens is 1. The number of aryl methyl sites for hydroxylation is 1. The molecular formula is C16H15ClN2O3S. The summed E-state index contributed by atoms with van der Waals surface area (Å²) in [5, 5.41) is 3.13. The maximum atomic E-state index is 12.4. The maximum Gasteiger partial charge on any atom is 0.261 e. The van der Waals surface area contributed by atoms with E-state index in [4.69, 9.17) is 11.6 Å². The lowest BCUT2D eigenvalue weighted by Gasteiger charge is -2.17. The first-order chi connectivity index (χ1) is 10.9. The van der Waals surface area contributed by atoms with E-state index in [0.717, 1.165) is 17.5 Å². The van der Waals surface area contributed by atoms with Crippen molar-refractivity contribution in [3.8, 4) is 0 Å². The Kier molecular flexibility index (Phi) is 4.04. The van der Waals surface area contributed by atoms with Gasteiger partial charge in [-0.3, -0.25) is 9.52 Å². The standard InChI is InChI=1S/C16H15ClN2O3S/c1-10-2-5-13(9-15(10)17)23(21,22)19-12-4-3-11-6-7-18-16(20)14(11)8-12/h2-5,8-9,19H,6-7H2,1H3,(H,18,20). The van der Waals surface area contributed by atoms with Crippen molar-refractivity contribution in [2.75, 3.05) is 11.3 Å². The number of rotatable bonds is 3. The smallest absolute Gasteiger partial charge is 0.261 e. The van der Waals surface area contributed by atoms with Gasteiger partial charge in [0, 0.05) is 22.8 Å². The Morgan fingerprint density at radius 3 is 2.70 bits per heavy atom. The predicted octanol–water partition coefficient (Wildman–Crippen LogP) is 2.74. The summed E-state index contributed by atoms with van der Waals surface area (Å²) in [6, 6.07) is 9.53. The first kappa shape index (κ1) is 15.8. The molecule has 120 valence electrons. The maximum absolute atomic E-state index is 12.4. The number of benzene rings is 2. The lowest BCUT2D eigenvalue weighted by molar-refractivity contribution is 0.0946. The van der Waals surface area contributed by atoms with Crippen LogP contribution >= 0.6 is 11.6 Å². The van der Waals surface area contributed by atoms with Crippen LogP contribution in [0, 0.1) is 6.92 Å². The van der Waals surface area contributed by atoms with E-state index in [1.165, 1.54) is 12.1 Å². The predicted molar refractivity (Wildman–Crippen MR) is 89.5 cm³/mol. The second-order valence-electron chi connectivity index (χ2n) is 5.39. The summed E-state index contributed by atoms with van der Waals surface area (Å²) < 4.78 is 27.4. The van der Waals surface area contributed by atoms with Crippen LogP contribution in [0.1, 0.15) is 21.5 Å². The fourth-order valence-corrected chi connectivity index (χ4v) is 3.75. The zero-order valence-electron chi connectivity index (χ0n) is 12.4. The van der Waals surface area contributed by atoms with Crippen molar-refractivity contribution in [3.05, 3.63) is 58.1 Å². The Morgan fingerprint density at radius 2 is 1.96 bits per heavy atom. The van der Waals surface area contributed by atoms with E-state index in [2.05, 4.69) is 10.0 Å². The number of carbonyl (C=O) groups is 1. The number of fused-ring (bicyclic) bond motifs is 1. The highest BCUT2D eigenvalue weighted by Crippen LogP contribution is 2.24. The summed E-state index contributed by atoms with van der Waals surface area (Å²) in [4.78, 5) is 11.9. The van der Waals surface area contributed by atoms with Gasteiger partial charge in [0.1, 0.15) is 0 Å². The quantitative estimate of drug-likeness (QED) is 0.893. The van der Waals surface area contributed by atoms with Crippen molar-refractivity contribution in [2.45, 2.75) is 18.2 Å². The molecule has 2 N–H and O–H groups in total. The van der Waals surface area contributed by atoms with Gasteiger partial charge in [0.2, 0.25) is 0 Å². The summed E-state index contributed by atoms with van der Waals surface area (Å²) in [7, 11) is -3.76. The fraction of sp³-hybridized carbons (Fsp3) is 0.188. The molecule has 1 aliphatic heterocycles. The van der Waals surface area contributed by atoms with Crippen molar-refractivity contribution in [1.29, 1.82) is 0 Å². The monoisotopic (exact) mass is 350 g/mol. The highest BCUT2D eigenvalue weighted by atomic mass is 35.5. The SMILES string of the molecule is Cc1ccc(S(=O)(=O)Nc2ccc3c(c2)C(=O)NCC3)cc1Cl. The summed E-state index contributed by atoms with van der Waals surface area (Å²) in [5.74, 6) is -0.189. The molecule has 0 radical (unpaired) electrons. The molecule has 1 aliphatic rings. The van der Waals surface area contributed by atoms with Gasteiger partial charge in [-0.05, 0) is 48.7 Å². The minimum Gasteiger partial charge on any atom is -0.352 e. The molecule has 23 heavy (non-hydrogen) atoms. The molecule has 2 aromatic rings. The van der Waals surface area contributed by atoms with E-state index in [1.54, 1.807) is 31.2 Å². The van der Waals surface area contributed by atoms with Gasteiger partial charge in [-0.2, -0.15) is 0 Å². The van der Waals surface area contributed by atoms with Gasteiger partial charge < -0.3 is 5.32 Å². The van der Waals surface area contributed by atoms with Crippen LogP contribution in [0.5, 0.6) is 0 Å². The van der Waals surface area contributed by atoms with Crippen LogP contribution in [0.2, 0.25) is 5.02 Å². The number of amides is 1. The summed E-state index contributed by atoms with van der Waals surface area (Å²) >= 11 is 5.99. The van der Waals surface area contributed by atoms with Gasteiger partial charge in [-0.25, -0.2) is 8.42 Å². The van der Waals surface area contributed by atoms with Crippen molar-refractivity contribution in [1.82, 2.24) is 5.32 Å². The Balaban J connectivity index is 1.93. The molecule has 0 aromatic heterocycles. The Labute approximate surface area is 139 Å². The van der Waals surface area contributed by atoms with Crippen molar-refractivity contribution >= 4 is 33.2 Å². The van der Waals surface area contributed by atoms with Gasteiger partial charge in [0.05, 0.1) is 4.90 Å². The molecule has 0 atom stereocenters. The van der Waals surface area contributed by atoms with Gasteiger partial charge in [0.15, 0.2) is 0 Å². The van der Waals surface area contributed by atoms with E-state index in [1.807, 2.05) is 0 Å². The van der Waals surface area contributed by atoms with Crippen LogP contribution in [0.3, 0.4) is 0 Å². The number of sulfonamides is 1. The van der Waals surface area contributed by atoms with E-state index in [-0.39, 0.29) is 10.8 Å². The van der Waals surface area contributed by atoms with Crippen LogP contribution in [0.15, 0.2) is 41.3 Å². The highest BCUT2D eigenvalue weighted by molar-refractivity contribution is 7.92. The first-order valence-corrected chi connectivity index (χ1v) is 8.93. The fourth-order valence-electron chi connectivity index (χ4n) is 2.43. The minimum atomic E-state index is -3.76. The molecule has 0 aliphatic carbocycles. The topological polar surface area (TPSA) is 75.3 Å². The minimum absolute atomic E-state index is 0.0790. The molecule has 0 fully saturated rings. The van der Waals surface area contributed by atoms with E-state index in [0.29, 0.717) is 22.8 Å². The lowest BCUT2D eigenvalue weighted by Crippen LogP contribution is -2.31. The highest BCUT2D eigenvalue weighted by Gasteiger charge is 2.19. The normalized spacial score (nSPS) is 14.1. The van der Waals surface area contributed by atoms with Gasteiger partial charge >= 0.3 is 0 Å². The molecule has 1 heterocycles. The zero-order valence-corrected chi connectivity index (χ0v) is 14.0. The Morgan fingerprint density at radius 1 is 1.17 bits per heavy atom. The number of hydrogen-bond acceptors (Lipinski definition) is 3. The number of nitrogens with one attached hydrogen (secondary N) is 2. The molecule has 0 spiro atoms. The lowest BCUT2D eigenvalue weighted by atomic mass is 10.00. The molecule has 0 unspecified atom stereocenters. The summed E-state index contributed by atoms with van der Waals surface area (Å²) in [6.07, 6.45) is 0.738. The first-order valence-electron chi connectivity index (χ1n) is 7.07. The third kappa shape index (κ3) is 3.18. The number of hydrogen-bond donors (Lipinski definition) is 2. The zero-order chi connectivity index (χ0) is 16.6. The van der Waals surface area contributed by atoms with Crippen LogP contribution in [0.25, 0.3) is 0 Å². The molecular weight excluding hydrogens is 336 g/mol. The van der Waals surface area contributed by atoms with Crippen LogP contribution in [-0.2, 0) is 16.4 Å². The van der Waals surface area contributed by atoms with Crippen LogP contribution in [0.4, 0.5) is 5.69 Å². The van der Waals surface area contributed by atoms with E-state index >= 15 is 0 Å². The molecule has 0 saturated carbocycles. The molecule has 2 aromatic carbocycles. The second kappa shape index (κ2) is 5.86. The van der Waals surface area contributed by atoms with Gasteiger partial charge in [-0.1, -0.05) is 23.7 Å². The summed E-state index contributed by atoms with van der Waals surface area (Å²) in [5.41, 5.74) is 2.56.